The molecule has 0 aromatic heterocycles. The van der Waals surface area contributed by atoms with Crippen molar-refractivity contribution in [2.75, 3.05) is 6.61 Å². The molecule has 0 spiro atoms. The Bertz CT molecular complexity index is 710. The molecule has 0 aliphatic rings. The maximum atomic E-state index is 12.2. The number of aldehydes is 1. The maximum absolute atomic E-state index is 12.2. The second kappa shape index (κ2) is 9.99. The van der Waals surface area contributed by atoms with Crippen molar-refractivity contribution in [2.24, 2.45) is 0 Å². The molecule has 0 N–H and O–H groups in total. The Morgan fingerprint density at radius 2 is 1.84 bits per heavy atom. The van der Waals surface area contributed by atoms with Crippen molar-refractivity contribution >= 4 is 28.2 Å². The molecule has 2 aromatic carbocycles. The number of unbranched alkanes of at least 4 members (excludes halogenated alkanes) is 3. The Morgan fingerprint density at radius 1 is 1.08 bits per heavy atom. The summed E-state index contributed by atoms with van der Waals surface area (Å²) in [5, 5.41) is 0. The number of hydrogen-bond donors (Lipinski definition) is 0. The second-order valence-electron chi connectivity index (χ2n) is 5.63. The minimum Gasteiger partial charge on any atom is -0.492 e. The van der Waals surface area contributed by atoms with Crippen molar-refractivity contribution in [3.63, 3.8) is 0 Å². The number of benzene rings is 2. The highest BCUT2D eigenvalue weighted by atomic mass is 79.9. The number of halogens is 1. The number of ether oxygens (including phenoxy) is 2. The average Bonchev–Trinajstić information content (AvgIpc) is 2.63. The molecule has 0 aliphatic heterocycles. The van der Waals surface area contributed by atoms with Gasteiger partial charge >= 0.3 is 5.97 Å². The fraction of sp³-hybridized carbons (Fsp3) is 0.300. The highest BCUT2D eigenvalue weighted by Crippen LogP contribution is 2.27. The fourth-order valence-electron chi connectivity index (χ4n) is 2.24. The van der Waals surface area contributed by atoms with E-state index in [-0.39, 0.29) is 0 Å². The number of carbonyl (C=O) groups is 2. The van der Waals surface area contributed by atoms with Crippen LogP contribution in [-0.2, 0) is 0 Å². The monoisotopic (exact) mass is 404 g/mol. The van der Waals surface area contributed by atoms with Gasteiger partial charge in [-0.15, -0.1) is 0 Å². The van der Waals surface area contributed by atoms with E-state index in [1.807, 2.05) is 0 Å². The van der Waals surface area contributed by atoms with E-state index in [0.717, 1.165) is 19.1 Å². The smallest absolute Gasteiger partial charge is 0.343 e. The first-order valence-corrected chi connectivity index (χ1v) is 9.13. The van der Waals surface area contributed by atoms with Crippen LogP contribution in [0, 0.1) is 0 Å². The molecule has 0 heterocycles. The first-order valence-electron chi connectivity index (χ1n) is 8.34. The highest BCUT2D eigenvalue weighted by molar-refractivity contribution is 9.10. The van der Waals surface area contributed by atoms with Crippen LogP contribution >= 0.6 is 15.9 Å². The number of carbonyl (C=O) groups excluding carboxylic acids is 2. The zero-order chi connectivity index (χ0) is 18.1. The second-order valence-corrected chi connectivity index (χ2v) is 6.49. The van der Waals surface area contributed by atoms with Crippen molar-refractivity contribution in [2.45, 2.75) is 32.6 Å². The minimum atomic E-state index is -0.464. The van der Waals surface area contributed by atoms with Crippen LogP contribution in [0.4, 0.5) is 0 Å². The molecule has 2 aromatic rings. The van der Waals surface area contributed by atoms with Gasteiger partial charge in [-0.05, 0) is 64.8 Å². The van der Waals surface area contributed by atoms with E-state index in [2.05, 4.69) is 22.9 Å². The predicted octanol–water partition coefficient (Wildman–Crippen LogP) is 5.44. The summed E-state index contributed by atoms with van der Waals surface area (Å²) in [7, 11) is 0. The van der Waals surface area contributed by atoms with Crippen LogP contribution in [0.1, 0.15) is 53.3 Å². The molecule has 0 radical (unpaired) electrons. The molecular formula is C20H21BrO4. The van der Waals surface area contributed by atoms with Crippen molar-refractivity contribution in [3.05, 3.63) is 58.1 Å². The van der Waals surface area contributed by atoms with E-state index in [0.29, 0.717) is 33.7 Å². The third-order valence-corrected chi connectivity index (χ3v) is 4.27. The molecule has 4 nitrogen and oxygen atoms in total. The lowest BCUT2D eigenvalue weighted by Gasteiger charge is -2.10. The van der Waals surface area contributed by atoms with E-state index in [9.17, 15) is 9.59 Å². The average molecular weight is 405 g/mol. The van der Waals surface area contributed by atoms with Gasteiger partial charge in [-0.1, -0.05) is 26.2 Å². The van der Waals surface area contributed by atoms with E-state index in [1.54, 1.807) is 42.5 Å². The first-order chi connectivity index (χ1) is 12.1. The van der Waals surface area contributed by atoms with Crippen molar-refractivity contribution in [3.8, 4) is 11.5 Å². The molecule has 0 aliphatic carbocycles. The van der Waals surface area contributed by atoms with E-state index in [4.69, 9.17) is 9.47 Å². The van der Waals surface area contributed by atoms with E-state index in [1.165, 1.54) is 12.8 Å². The summed E-state index contributed by atoms with van der Waals surface area (Å²) in [6.45, 7) is 2.83. The Labute approximate surface area is 156 Å². The number of rotatable bonds is 9. The summed E-state index contributed by atoms with van der Waals surface area (Å²) in [6, 6.07) is 11.5. The van der Waals surface area contributed by atoms with Crippen molar-refractivity contribution < 1.29 is 19.1 Å². The zero-order valence-corrected chi connectivity index (χ0v) is 15.8. The quantitative estimate of drug-likeness (QED) is 0.241. The van der Waals surface area contributed by atoms with Crippen LogP contribution in [-0.4, -0.2) is 18.9 Å². The van der Waals surface area contributed by atoms with Gasteiger partial charge in [-0.2, -0.15) is 0 Å². The fourth-order valence-corrected chi connectivity index (χ4v) is 2.73. The normalized spacial score (nSPS) is 10.3. The summed E-state index contributed by atoms with van der Waals surface area (Å²) in [5.41, 5.74) is 0.952. The Kier molecular flexibility index (Phi) is 7.67. The molecular weight excluding hydrogens is 384 g/mol. The molecule has 0 amide bonds. The zero-order valence-electron chi connectivity index (χ0n) is 14.2. The van der Waals surface area contributed by atoms with Gasteiger partial charge in [0.15, 0.2) is 0 Å². The molecule has 0 bridgehead atoms. The van der Waals surface area contributed by atoms with E-state index < -0.39 is 5.97 Å². The topological polar surface area (TPSA) is 52.6 Å². The van der Waals surface area contributed by atoms with Gasteiger partial charge in [0.2, 0.25) is 0 Å². The van der Waals surface area contributed by atoms with Crippen molar-refractivity contribution in [1.82, 2.24) is 0 Å². The van der Waals surface area contributed by atoms with Crippen LogP contribution in [0.15, 0.2) is 46.9 Å². The van der Waals surface area contributed by atoms with Gasteiger partial charge in [-0.25, -0.2) is 4.79 Å². The molecule has 25 heavy (non-hydrogen) atoms. The summed E-state index contributed by atoms with van der Waals surface area (Å²) < 4.78 is 11.7. The summed E-state index contributed by atoms with van der Waals surface area (Å²) in [4.78, 5) is 22.8. The summed E-state index contributed by atoms with van der Waals surface area (Å²) in [5.74, 6) is 0.639. The third-order valence-electron chi connectivity index (χ3n) is 3.65. The molecule has 132 valence electrons. The molecule has 2 rings (SSSR count). The predicted molar refractivity (Wildman–Crippen MR) is 101 cm³/mol. The number of esters is 1. The summed E-state index contributed by atoms with van der Waals surface area (Å²) in [6.07, 6.45) is 5.31. The standard InChI is InChI=1S/C20H21BrO4/c1-2-3-4-5-12-24-19-11-8-16(13-18(19)21)20(23)25-17-9-6-15(14-22)7-10-17/h6-11,13-14H,2-5,12H2,1H3. The van der Waals surface area contributed by atoms with Gasteiger partial charge in [0.05, 0.1) is 16.6 Å². The van der Waals surface area contributed by atoms with Crippen molar-refractivity contribution in [1.29, 1.82) is 0 Å². The lowest BCUT2D eigenvalue weighted by Crippen LogP contribution is -2.09. The lowest BCUT2D eigenvalue weighted by molar-refractivity contribution is 0.0734. The molecule has 0 saturated heterocycles. The molecule has 0 fully saturated rings. The molecule has 5 heteroatoms. The van der Waals surface area contributed by atoms with Gasteiger partial charge in [0.1, 0.15) is 17.8 Å². The highest BCUT2D eigenvalue weighted by Gasteiger charge is 2.12. The molecule has 0 atom stereocenters. The molecule has 0 saturated carbocycles. The van der Waals surface area contributed by atoms with Crippen LogP contribution in [0.25, 0.3) is 0 Å². The van der Waals surface area contributed by atoms with Gasteiger partial charge < -0.3 is 9.47 Å². The number of hydrogen-bond acceptors (Lipinski definition) is 4. The van der Waals surface area contributed by atoms with Crippen LogP contribution < -0.4 is 9.47 Å². The Morgan fingerprint density at radius 3 is 2.48 bits per heavy atom. The first kappa shape index (κ1) is 19.2. The SMILES string of the molecule is CCCCCCOc1ccc(C(=O)Oc2ccc(C=O)cc2)cc1Br. The van der Waals surface area contributed by atoms with Gasteiger partial charge in [0.25, 0.3) is 0 Å². The minimum absolute atomic E-state index is 0.392. The summed E-state index contributed by atoms with van der Waals surface area (Å²) >= 11 is 3.43. The van der Waals surface area contributed by atoms with Crippen LogP contribution in [0.2, 0.25) is 0 Å². The maximum Gasteiger partial charge on any atom is 0.343 e. The van der Waals surface area contributed by atoms with Crippen LogP contribution in [0.5, 0.6) is 11.5 Å². The largest absolute Gasteiger partial charge is 0.492 e. The van der Waals surface area contributed by atoms with Gasteiger partial charge in [-0.3, -0.25) is 4.79 Å². The lowest BCUT2D eigenvalue weighted by atomic mass is 10.2. The van der Waals surface area contributed by atoms with E-state index >= 15 is 0 Å². The van der Waals surface area contributed by atoms with Gasteiger partial charge in [0, 0.05) is 5.56 Å². The Hall–Kier alpha value is -2.14. The van der Waals surface area contributed by atoms with Crippen LogP contribution in [0.3, 0.4) is 0 Å². The molecule has 0 unspecified atom stereocenters. The third kappa shape index (κ3) is 6.02. The Balaban J connectivity index is 1.93.